The lowest BCUT2D eigenvalue weighted by Crippen LogP contribution is -2.18. The molecule has 3 aromatic rings. The molecule has 0 aliphatic heterocycles. The molecule has 0 bridgehead atoms. The van der Waals surface area contributed by atoms with Crippen LogP contribution in [-0.4, -0.2) is 18.1 Å². The minimum atomic E-state index is -0.644. The number of nitrogens with zero attached hydrogens (tertiary/aromatic N) is 1. The summed E-state index contributed by atoms with van der Waals surface area (Å²) in [6.45, 7) is 0. The fraction of sp³-hybridized carbons (Fsp3) is 0. The van der Waals surface area contributed by atoms with Gasteiger partial charge >= 0.3 is 5.97 Å². The van der Waals surface area contributed by atoms with Crippen LogP contribution in [0.3, 0.4) is 0 Å². The first-order valence-electron chi connectivity index (χ1n) is 8.19. The third-order valence-electron chi connectivity index (χ3n) is 3.67. The third kappa shape index (κ3) is 5.11. The van der Waals surface area contributed by atoms with E-state index in [0.717, 1.165) is 4.47 Å². The molecule has 1 amide bonds. The first-order valence-corrected chi connectivity index (χ1v) is 8.98. The van der Waals surface area contributed by atoms with E-state index in [9.17, 15) is 14.0 Å². The van der Waals surface area contributed by atoms with Crippen LogP contribution in [0.5, 0.6) is 5.75 Å². The van der Waals surface area contributed by atoms with Gasteiger partial charge in [0.2, 0.25) is 0 Å². The minimum absolute atomic E-state index is 0.0881. The molecule has 140 valence electrons. The Morgan fingerprint density at radius 3 is 2.32 bits per heavy atom. The Morgan fingerprint density at radius 1 is 0.964 bits per heavy atom. The van der Waals surface area contributed by atoms with E-state index >= 15 is 0 Å². The Labute approximate surface area is 169 Å². The number of hydrogen-bond acceptors (Lipinski definition) is 4. The van der Waals surface area contributed by atoms with Crippen LogP contribution in [-0.2, 0) is 0 Å². The largest absolute Gasteiger partial charge is 0.423 e. The number of rotatable bonds is 5. The normalized spacial score (nSPS) is 10.6. The summed E-state index contributed by atoms with van der Waals surface area (Å²) in [5, 5.41) is 3.80. The van der Waals surface area contributed by atoms with Crippen molar-refractivity contribution < 1.29 is 18.7 Å². The zero-order valence-corrected chi connectivity index (χ0v) is 16.0. The maximum Gasteiger partial charge on any atom is 0.343 e. The monoisotopic (exact) mass is 440 g/mol. The molecule has 7 heteroatoms. The Kier molecular flexibility index (Phi) is 6.29. The number of nitrogens with one attached hydrogen (secondary N) is 1. The number of carbonyl (C=O) groups excluding carboxylic acids is 2. The highest BCUT2D eigenvalue weighted by Gasteiger charge is 2.10. The van der Waals surface area contributed by atoms with E-state index in [1.165, 1.54) is 24.4 Å². The maximum atomic E-state index is 13.5. The van der Waals surface area contributed by atoms with Crippen molar-refractivity contribution in [2.75, 3.05) is 0 Å². The van der Waals surface area contributed by atoms with Gasteiger partial charge in [0.15, 0.2) is 0 Å². The number of ether oxygens (including phenoxy) is 1. The van der Waals surface area contributed by atoms with Gasteiger partial charge in [-0.25, -0.2) is 14.6 Å². The number of carbonyl (C=O) groups is 2. The van der Waals surface area contributed by atoms with Gasteiger partial charge in [0.05, 0.1) is 17.3 Å². The molecule has 0 fully saturated rings. The van der Waals surface area contributed by atoms with Crippen LogP contribution in [0.4, 0.5) is 4.39 Å². The number of benzene rings is 3. The molecular formula is C21H14BrFN2O3. The molecule has 0 unspecified atom stereocenters. The van der Waals surface area contributed by atoms with Gasteiger partial charge in [0.1, 0.15) is 11.6 Å². The Morgan fingerprint density at radius 2 is 1.64 bits per heavy atom. The molecule has 3 aromatic carbocycles. The topological polar surface area (TPSA) is 67.8 Å². The van der Waals surface area contributed by atoms with E-state index in [4.69, 9.17) is 4.74 Å². The number of hydrazone groups is 1. The van der Waals surface area contributed by atoms with E-state index in [1.807, 2.05) is 0 Å². The van der Waals surface area contributed by atoms with Crippen molar-refractivity contribution in [3.05, 3.63) is 99.8 Å². The van der Waals surface area contributed by atoms with E-state index in [1.54, 1.807) is 54.6 Å². The molecule has 0 aromatic heterocycles. The third-order valence-corrected chi connectivity index (χ3v) is 4.20. The highest BCUT2D eigenvalue weighted by molar-refractivity contribution is 9.10. The number of esters is 1. The first kappa shape index (κ1) is 19.4. The fourth-order valence-electron chi connectivity index (χ4n) is 2.24. The second kappa shape index (κ2) is 9.05. The summed E-state index contributed by atoms with van der Waals surface area (Å²) in [4.78, 5) is 23.9. The lowest BCUT2D eigenvalue weighted by Gasteiger charge is -2.05. The van der Waals surface area contributed by atoms with Crippen molar-refractivity contribution >= 4 is 34.0 Å². The lowest BCUT2D eigenvalue weighted by atomic mass is 10.2. The summed E-state index contributed by atoms with van der Waals surface area (Å²) in [7, 11) is 0. The van der Waals surface area contributed by atoms with Gasteiger partial charge in [-0.1, -0.05) is 28.1 Å². The molecule has 0 radical (unpaired) electrons. The average molecular weight is 441 g/mol. The lowest BCUT2D eigenvalue weighted by molar-refractivity contribution is 0.0734. The molecule has 0 atom stereocenters. The van der Waals surface area contributed by atoms with Crippen LogP contribution >= 0.6 is 15.9 Å². The molecule has 1 N–H and O–H groups in total. The summed E-state index contributed by atoms with van der Waals surface area (Å²) in [6, 6.07) is 19.0. The van der Waals surface area contributed by atoms with Gasteiger partial charge in [-0.3, -0.25) is 4.79 Å². The van der Waals surface area contributed by atoms with Gasteiger partial charge in [-0.15, -0.1) is 0 Å². The highest BCUT2D eigenvalue weighted by atomic mass is 79.9. The van der Waals surface area contributed by atoms with Gasteiger partial charge in [0.25, 0.3) is 5.91 Å². The summed E-state index contributed by atoms with van der Waals surface area (Å²) in [5.41, 5.74) is 3.27. The highest BCUT2D eigenvalue weighted by Crippen LogP contribution is 2.15. The predicted octanol–water partition coefficient (Wildman–Crippen LogP) is 4.57. The predicted molar refractivity (Wildman–Crippen MR) is 107 cm³/mol. The van der Waals surface area contributed by atoms with Gasteiger partial charge in [0, 0.05) is 4.47 Å². The molecule has 0 heterocycles. The zero-order valence-electron chi connectivity index (χ0n) is 14.4. The van der Waals surface area contributed by atoms with E-state index < -0.39 is 17.7 Å². The standard InChI is InChI=1S/C21H14BrFN2O3/c22-16-9-7-15(8-10-16)21(27)28-17-11-5-14(6-12-17)13-24-25-20(26)18-3-1-2-4-19(18)23/h1-13H,(H,25,26)/b24-13+. The zero-order chi connectivity index (χ0) is 19.9. The van der Waals surface area contributed by atoms with Crippen molar-refractivity contribution in [2.45, 2.75) is 0 Å². The molecule has 28 heavy (non-hydrogen) atoms. The van der Waals surface area contributed by atoms with Crippen LogP contribution in [0.25, 0.3) is 0 Å². The quantitative estimate of drug-likeness (QED) is 0.273. The summed E-state index contributed by atoms with van der Waals surface area (Å²) in [6.07, 6.45) is 1.40. The summed E-state index contributed by atoms with van der Waals surface area (Å²) in [5.74, 6) is -1.35. The number of amides is 1. The van der Waals surface area contributed by atoms with Gasteiger partial charge < -0.3 is 4.74 Å². The second-order valence-corrected chi connectivity index (χ2v) is 6.56. The molecule has 0 saturated heterocycles. The maximum absolute atomic E-state index is 13.5. The Balaban J connectivity index is 1.57. The summed E-state index contributed by atoms with van der Waals surface area (Å²) < 4.78 is 19.7. The van der Waals surface area contributed by atoms with Crippen LogP contribution in [0, 0.1) is 5.82 Å². The smallest absolute Gasteiger partial charge is 0.343 e. The van der Waals surface area contributed by atoms with Crippen LogP contribution in [0.2, 0.25) is 0 Å². The van der Waals surface area contributed by atoms with Crippen molar-refractivity contribution in [3.8, 4) is 5.75 Å². The van der Waals surface area contributed by atoms with Gasteiger partial charge in [-0.2, -0.15) is 5.10 Å². The van der Waals surface area contributed by atoms with Crippen molar-refractivity contribution in [3.63, 3.8) is 0 Å². The molecule has 0 aliphatic rings. The fourth-order valence-corrected chi connectivity index (χ4v) is 2.51. The minimum Gasteiger partial charge on any atom is -0.423 e. The van der Waals surface area contributed by atoms with Crippen molar-refractivity contribution in [1.82, 2.24) is 5.43 Å². The molecule has 0 aliphatic carbocycles. The number of halogens is 2. The van der Waals surface area contributed by atoms with E-state index in [-0.39, 0.29) is 5.56 Å². The van der Waals surface area contributed by atoms with Crippen molar-refractivity contribution in [1.29, 1.82) is 0 Å². The van der Waals surface area contributed by atoms with Crippen LogP contribution < -0.4 is 10.2 Å². The SMILES string of the molecule is O=C(Oc1ccc(/C=N/NC(=O)c2ccccc2F)cc1)c1ccc(Br)cc1. The van der Waals surface area contributed by atoms with E-state index in [0.29, 0.717) is 16.9 Å². The molecule has 0 saturated carbocycles. The molecule has 0 spiro atoms. The Bertz CT molecular complexity index is 1020. The summed E-state index contributed by atoms with van der Waals surface area (Å²) >= 11 is 3.31. The van der Waals surface area contributed by atoms with Crippen LogP contribution in [0.15, 0.2) is 82.4 Å². The van der Waals surface area contributed by atoms with Gasteiger partial charge in [-0.05, 0) is 66.2 Å². The molecule has 3 rings (SSSR count). The number of hydrogen-bond donors (Lipinski definition) is 1. The molecule has 5 nitrogen and oxygen atoms in total. The van der Waals surface area contributed by atoms with Crippen molar-refractivity contribution in [2.24, 2.45) is 5.10 Å². The Hall–Kier alpha value is -3.32. The second-order valence-electron chi connectivity index (χ2n) is 5.64. The van der Waals surface area contributed by atoms with Crippen LogP contribution in [0.1, 0.15) is 26.3 Å². The average Bonchev–Trinajstić information content (AvgIpc) is 2.70. The first-order chi connectivity index (χ1) is 13.5. The van der Waals surface area contributed by atoms with E-state index in [2.05, 4.69) is 26.5 Å². The molecular weight excluding hydrogens is 427 g/mol.